The number of ether oxygens (including phenoxy) is 2. The molecule has 4 rings (SSSR count). The maximum Gasteiger partial charge on any atom is 0.298 e. The van der Waals surface area contributed by atoms with Gasteiger partial charge >= 0.3 is 0 Å². The monoisotopic (exact) mass is 920 g/mol. The number of carbonyl (C=O) groups excluding carboxylic acids is 6. The molecule has 0 saturated heterocycles. The number of hydrogen-bond acceptors (Lipinski definition) is 13. The maximum atomic E-state index is 14.4. The SMILES string of the molecule is Cc1ccccc1C(=O)N[C@@H](CCN)C(=O)C(C)CC[C@@H]1C(=O)N[C@@H](C)C(=O)CCC[C@H](C(=O)N[C@@H](C)C(=O)NS(N)(=O)=O)Cc2ccc(OCCN)c(c2)-c2cc1ccc2OCCN. The van der Waals surface area contributed by atoms with Crippen LogP contribution in [0, 0.1) is 18.8 Å². The van der Waals surface area contributed by atoms with Crippen molar-refractivity contribution in [2.75, 3.05) is 32.8 Å². The number of hydrogen-bond donors (Lipinski definition) is 8. The summed E-state index contributed by atoms with van der Waals surface area (Å²) in [5.41, 5.74) is 21.1. The zero-order valence-electron chi connectivity index (χ0n) is 37.5. The Labute approximate surface area is 380 Å². The molecule has 4 amide bonds. The highest BCUT2D eigenvalue weighted by Gasteiger charge is 2.31. The smallest absolute Gasteiger partial charge is 0.298 e. The molecule has 4 bridgehead atoms. The van der Waals surface area contributed by atoms with Crippen molar-refractivity contribution in [3.8, 4) is 22.6 Å². The van der Waals surface area contributed by atoms with Crippen molar-refractivity contribution in [3.63, 3.8) is 0 Å². The molecule has 0 spiro atoms. The van der Waals surface area contributed by atoms with Gasteiger partial charge in [-0.1, -0.05) is 37.3 Å². The van der Waals surface area contributed by atoms with Crippen LogP contribution >= 0.6 is 0 Å². The predicted molar refractivity (Wildman–Crippen MR) is 246 cm³/mol. The lowest BCUT2D eigenvalue weighted by Gasteiger charge is -2.25. The molecule has 1 aliphatic heterocycles. The number of carbonyl (C=O) groups is 6. The van der Waals surface area contributed by atoms with Crippen LogP contribution in [-0.2, 0) is 40.6 Å². The number of fused-ring (bicyclic) bond motifs is 5. The molecule has 65 heavy (non-hydrogen) atoms. The molecule has 0 radical (unpaired) electrons. The fourth-order valence-electron chi connectivity index (χ4n) is 7.72. The normalized spacial score (nSPS) is 18.3. The molecule has 0 aliphatic carbocycles. The van der Waals surface area contributed by atoms with Gasteiger partial charge in [0.25, 0.3) is 22.0 Å². The van der Waals surface area contributed by atoms with Crippen molar-refractivity contribution in [2.45, 2.75) is 96.7 Å². The predicted octanol–water partition coefficient (Wildman–Crippen LogP) is 1.79. The van der Waals surface area contributed by atoms with Gasteiger partial charge in [0.2, 0.25) is 11.8 Å². The first-order chi connectivity index (χ1) is 30.9. The summed E-state index contributed by atoms with van der Waals surface area (Å²) >= 11 is 0. The number of nitrogens with one attached hydrogen (secondary N) is 4. The van der Waals surface area contributed by atoms with E-state index in [2.05, 4.69) is 16.0 Å². The topological polar surface area (TPSA) is 307 Å². The molecule has 12 N–H and O–H groups in total. The molecular weight excluding hydrogens is 857 g/mol. The van der Waals surface area contributed by atoms with Crippen LogP contribution in [0.2, 0.25) is 0 Å². The van der Waals surface area contributed by atoms with Gasteiger partial charge in [0, 0.05) is 48.0 Å². The van der Waals surface area contributed by atoms with Crippen LogP contribution < -0.4 is 52.5 Å². The van der Waals surface area contributed by atoms with Crippen molar-refractivity contribution in [2.24, 2.45) is 34.2 Å². The third-order valence-corrected chi connectivity index (χ3v) is 11.8. The molecule has 19 heteroatoms. The molecule has 1 heterocycles. The van der Waals surface area contributed by atoms with Crippen LogP contribution in [0.3, 0.4) is 0 Å². The Morgan fingerprint density at radius 2 is 1.51 bits per heavy atom. The first kappa shape index (κ1) is 51.9. The largest absolute Gasteiger partial charge is 0.492 e. The molecule has 3 aromatic rings. The summed E-state index contributed by atoms with van der Waals surface area (Å²) < 4.78 is 36.9. The van der Waals surface area contributed by atoms with Gasteiger partial charge in [-0.05, 0) is 113 Å². The number of rotatable bonds is 19. The Morgan fingerprint density at radius 1 is 0.862 bits per heavy atom. The van der Waals surface area contributed by atoms with Crippen molar-refractivity contribution in [1.82, 2.24) is 20.7 Å². The van der Waals surface area contributed by atoms with E-state index in [0.29, 0.717) is 39.3 Å². The van der Waals surface area contributed by atoms with Gasteiger partial charge in [-0.25, -0.2) is 9.86 Å². The minimum absolute atomic E-state index is 0.00802. The first-order valence-electron chi connectivity index (χ1n) is 21.9. The van der Waals surface area contributed by atoms with Crippen LogP contribution in [0.4, 0.5) is 0 Å². The fraction of sp³-hybridized carbons (Fsp3) is 0.478. The second-order valence-corrected chi connectivity index (χ2v) is 17.7. The minimum atomic E-state index is -4.38. The van der Waals surface area contributed by atoms with E-state index < -0.39 is 63.8 Å². The van der Waals surface area contributed by atoms with Gasteiger partial charge in [0.05, 0.1) is 18.0 Å². The highest BCUT2D eigenvalue weighted by Crippen LogP contribution is 2.41. The number of ketones is 2. The van der Waals surface area contributed by atoms with Gasteiger partial charge in [-0.3, -0.25) is 28.8 Å². The quantitative estimate of drug-likeness (QED) is 0.0852. The standard InChI is InChI=1S/C46H64N8O10S/c1-27-8-5-6-10-34(27)45(59)53-38(18-19-47)42(56)28(2)12-15-35-32-14-17-41(64-23-21-49)37(26-32)36-25-31(13-16-40(36)63-22-20-48)24-33(9-7-11-39(55)29(3)51-46(35)60)44(58)52-30(4)43(57)54-65(50,61)62/h5-6,8,10,13-14,16-17,25-26,28-30,33,35,38H,7,9,11-12,15,18-24,47-49H2,1-4H3,(H,51,60)(H,52,58)(H,53,59)(H,54,57)(H2,50,61,62)/t28?,29-,30-,33-,35-,38-/m0/s1. The summed E-state index contributed by atoms with van der Waals surface area (Å²) in [6, 6.07) is 14.6. The molecule has 0 saturated carbocycles. The Hall–Kier alpha value is -5.73. The summed E-state index contributed by atoms with van der Waals surface area (Å²) in [6.45, 7) is 7.33. The summed E-state index contributed by atoms with van der Waals surface area (Å²) in [5, 5.41) is 13.3. The Morgan fingerprint density at radius 3 is 2.14 bits per heavy atom. The molecule has 0 fully saturated rings. The molecule has 1 unspecified atom stereocenters. The lowest BCUT2D eigenvalue weighted by atomic mass is 9.85. The number of nitrogens with two attached hydrogens (primary N) is 4. The second-order valence-electron chi connectivity index (χ2n) is 16.4. The number of Topliss-reactive ketones (excluding diaryl/α,β-unsaturated/α-hetero) is 2. The fourth-order valence-corrected chi connectivity index (χ4v) is 8.17. The van der Waals surface area contributed by atoms with Crippen molar-refractivity contribution >= 4 is 45.4 Å². The Bertz CT molecular complexity index is 2290. The van der Waals surface area contributed by atoms with Crippen LogP contribution in [0.1, 0.15) is 92.3 Å². The molecule has 354 valence electrons. The third kappa shape index (κ3) is 15.2. The molecule has 3 aromatic carbocycles. The van der Waals surface area contributed by atoms with E-state index in [1.165, 1.54) is 6.92 Å². The zero-order chi connectivity index (χ0) is 47.8. The Balaban J connectivity index is 1.77. The number of amides is 4. The lowest BCUT2D eigenvalue weighted by molar-refractivity contribution is -0.130. The van der Waals surface area contributed by atoms with Gasteiger partial charge < -0.3 is 42.6 Å². The highest BCUT2D eigenvalue weighted by atomic mass is 32.2. The summed E-state index contributed by atoms with van der Waals surface area (Å²) in [6.07, 6.45) is 1.22. The van der Waals surface area contributed by atoms with Crippen molar-refractivity contribution in [1.29, 1.82) is 0 Å². The summed E-state index contributed by atoms with van der Waals surface area (Å²) in [5.74, 6) is -4.35. The maximum absolute atomic E-state index is 14.4. The lowest BCUT2D eigenvalue weighted by Crippen LogP contribution is -2.49. The van der Waals surface area contributed by atoms with Crippen molar-refractivity contribution < 1.29 is 46.7 Å². The average molecular weight is 921 g/mol. The molecule has 18 nitrogen and oxygen atoms in total. The number of benzene rings is 3. The van der Waals surface area contributed by atoms with E-state index >= 15 is 0 Å². The van der Waals surface area contributed by atoms with Gasteiger partial charge in [0.1, 0.15) is 30.8 Å². The third-order valence-electron chi connectivity index (χ3n) is 11.3. The van der Waals surface area contributed by atoms with E-state index in [1.807, 2.05) is 25.1 Å². The van der Waals surface area contributed by atoms with Gasteiger partial charge in [0.15, 0.2) is 11.6 Å². The van der Waals surface area contributed by atoms with Gasteiger partial charge in [-0.2, -0.15) is 8.42 Å². The molecule has 1 aliphatic rings. The van der Waals surface area contributed by atoms with E-state index in [4.69, 9.17) is 31.8 Å². The van der Waals surface area contributed by atoms with Gasteiger partial charge in [-0.15, -0.1) is 0 Å². The number of aryl methyl sites for hydroxylation is 1. The van der Waals surface area contributed by atoms with E-state index in [-0.39, 0.29) is 95.3 Å². The van der Waals surface area contributed by atoms with Crippen molar-refractivity contribution in [3.05, 3.63) is 82.9 Å². The van der Waals surface area contributed by atoms with E-state index in [0.717, 1.165) is 5.56 Å². The summed E-state index contributed by atoms with van der Waals surface area (Å²) in [7, 11) is -4.38. The molecule has 0 aromatic heterocycles. The minimum Gasteiger partial charge on any atom is -0.492 e. The first-order valence-corrected chi connectivity index (χ1v) is 23.4. The molecule has 6 atom stereocenters. The zero-order valence-corrected chi connectivity index (χ0v) is 38.3. The van der Waals surface area contributed by atoms with E-state index in [9.17, 15) is 37.2 Å². The van der Waals surface area contributed by atoms with E-state index in [1.54, 1.807) is 61.0 Å². The van der Waals surface area contributed by atoms with Crippen LogP contribution in [0.25, 0.3) is 11.1 Å². The highest BCUT2D eigenvalue weighted by molar-refractivity contribution is 7.87. The van der Waals surface area contributed by atoms with Crippen LogP contribution in [-0.4, -0.2) is 94.6 Å². The average Bonchev–Trinajstić information content (AvgIpc) is 3.26. The summed E-state index contributed by atoms with van der Waals surface area (Å²) in [4.78, 5) is 81.5. The van der Waals surface area contributed by atoms with Crippen LogP contribution in [0.15, 0.2) is 60.7 Å². The molecular formula is C46H64N8O10S. The Kier molecular flexibility index (Phi) is 19.6. The second kappa shape index (κ2) is 24.5. The van der Waals surface area contributed by atoms with Crippen LogP contribution in [0.5, 0.6) is 11.5 Å².